The third-order valence-electron chi connectivity index (χ3n) is 3.71. The number of nitrogens with two attached hydrogens (primary N) is 1. The van der Waals surface area contributed by atoms with Gasteiger partial charge in [0.15, 0.2) is 0 Å². The lowest BCUT2D eigenvalue weighted by Gasteiger charge is -2.38. The lowest BCUT2D eigenvalue weighted by Crippen LogP contribution is -2.51. The van der Waals surface area contributed by atoms with E-state index in [1.807, 2.05) is 30.9 Å². The summed E-state index contributed by atoms with van der Waals surface area (Å²) < 4.78 is 0. The van der Waals surface area contributed by atoms with Gasteiger partial charge in [-0.25, -0.2) is 0 Å². The number of likely N-dealkylation sites (tertiary alicyclic amines) is 1. The van der Waals surface area contributed by atoms with Crippen LogP contribution in [0.2, 0.25) is 5.02 Å². The van der Waals surface area contributed by atoms with E-state index >= 15 is 0 Å². The van der Waals surface area contributed by atoms with Gasteiger partial charge in [-0.1, -0.05) is 11.6 Å². The molecule has 1 heterocycles. The van der Waals surface area contributed by atoms with E-state index < -0.39 is 0 Å². The second-order valence-electron chi connectivity index (χ2n) is 5.44. The number of piperidine rings is 1. The molecule has 0 spiro atoms. The van der Waals surface area contributed by atoms with E-state index in [2.05, 4.69) is 0 Å². The molecular weight excluding hydrogens is 295 g/mol. The summed E-state index contributed by atoms with van der Waals surface area (Å²) in [5, 5.41) is 0.609. The molecule has 2 rings (SSSR count). The molecule has 1 aliphatic heterocycles. The molecule has 1 fully saturated rings. The summed E-state index contributed by atoms with van der Waals surface area (Å²) in [7, 11) is 0. The molecule has 2 atom stereocenters. The van der Waals surface area contributed by atoms with Crippen molar-refractivity contribution in [2.45, 2.75) is 45.2 Å². The third-order valence-corrected chi connectivity index (χ3v) is 3.92. The van der Waals surface area contributed by atoms with Gasteiger partial charge < -0.3 is 10.6 Å². The first kappa shape index (κ1) is 17.3. The van der Waals surface area contributed by atoms with E-state index in [4.69, 9.17) is 17.3 Å². The topological polar surface area (TPSA) is 46.3 Å². The Bertz CT molecular complexity index is 457. The Hall–Kier alpha value is -0.770. The van der Waals surface area contributed by atoms with Gasteiger partial charge in [-0.3, -0.25) is 4.79 Å². The van der Waals surface area contributed by atoms with E-state index in [9.17, 15) is 4.79 Å². The van der Waals surface area contributed by atoms with Gasteiger partial charge >= 0.3 is 0 Å². The highest BCUT2D eigenvalue weighted by atomic mass is 35.5. The highest BCUT2D eigenvalue weighted by Gasteiger charge is 2.29. The van der Waals surface area contributed by atoms with Crippen molar-refractivity contribution in [3.8, 4) is 0 Å². The molecule has 0 aromatic heterocycles. The Balaban J connectivity index is 0.00000200. The van der Waals surface area contributed by atoms with Gasteiger partial charge in [-0.15, -0.1) is 12.4 Å². The summed E-state index contributed by atoms with van der Waals surface area (Å²) in [6.07, 6.45) is 3.18. The van der Waals surface area contributed by atoms with E-state index in [-0.39, 0.29) is 30.4 Å². The van der Waals surface area contributed by atoms with Gasteiger partial charge in [0.1, 0.15) is 0 Å². The van der Waals surface area contributed by atoms with Crippen LogP contribution in [-0.2, 0) is 0 Å². The Kier molecular flexibility index (Phi) is 6.31. The Morgan fingerprint density at radius 3 is 2.70 bits per heavy atom. The van der Waals surface area contributed by atoms with Crippen LogP contribution in [0.15, 0.2) is 18.2 Å². The lowest BCUT2D eigenvalue weighted by atomic mass is 9.96. The molecule has 5 heteroatoms. The average Bonchev–Trinajstić information content (AvgIpc) is 2.36. The van der Waals surface area contributed by atoms with Crippen molar-refractivity contribution in [2.24, 2.45) is 5.73 Å². The van der Waals surface area contributed by atoms with Crippen LogP contribution in [0.1, 0.15) is 42.1 Å². The average molecular weight is 317 g/mol. The molecule has 1 aromatic carbocycles. The van der Waals surface area contributed by atoms with Crippen molar-refractivity contribution in [3.05, 3.63) is 34.3 Å². The maximum Gasteiger partial charge on any atom is 0.254 e. The molecule has 3 nitrogen and oxygen atoms in total. The van der Waals surface area contributed by atoms with E-state index in [1.54, 1.807) is 6.07 Å². The van der Waals surface area contributed by atoms with Crippen LogP contribution in [0, 0.1) is 6.92 Å². The predicted molar refractivity (Wildman–Crippen MR) is 85.8 cm³/mol. The Labute approximate surface area is 131 Å². The molecule has 2 N–H and O–H groups in total. The van der Waals surface area contributed by atoms with Crippen LogP contribution < -0.4 is 5.73 Å². The quantitative estimate of drug-likeness (QED) is 0.908. The number of carbonyl (C=O) groups is 1. The maximum atomic E-state index is 12.6. The number of rotatable bonds is 2. The minimum Gasteiger partial charge on any atom is -0.334 e. The van der Waals surface area contributed by atoms with Gasteiger partial charge in [0.05, 0.1) is 0 Å². The fraction of sp³-hybridized carbons (Fsp3) is 0.533. The number of benzene rings is 1. The molecule has 0 aliphatic carbocycles. The number of aryl methyl sites for hydroxylation is 1. The zero-order valence-electron chi connectivity index (χ0n) is 11.9. The maximum absolute atomic E-state index is 12.6. The number of amides is 1. The van der Waals surface area contributed by atoms with Crippen LogP contribution in [0.4, 0.5) is 0 Å². The second-order valence-corrected chi connectivity index (χ2v) is 5.87. The molecule has 0 radical (unpaired) electrons. The smallest absolute Gasteiger partial charge is 0.254 e. The SMILES string of the molecule is Cc1cc(Cl)cc(C(=O)N2CCCCC2C(C)N)c1.Cl. The van der Waals surface area contributed by atoms with Crippen LogP contribution >= 0.6 is 24.0 Å². The Morgan fingerprint density at radius 1 is 1.40 bits per heavy atom. The first-order valence-electron chi connectivity index (χ1n) is 6.83. The van der Waals surface area contributed by atoms with E-state index in [1.165, 1.54) is 0 Å². The summed E-state index contributed by atoms with van der Waals surface area (Å²) in [6, 6.07) is 5.63. The molecule has 20 heavy (non-hydrogen) atoms. The minimum absolute atomic E-state index is 0. The van der Waals surface area contributed by atoms with Crippen LogP contribution in [0.25, 0.3) is 0 Å². The van der Waals surface area contributed by atoms with Gasteiger partial charge in [-0.05, 0) is 56.9 Å². The van der Waals surface area contributed by atoms with Gasteiger partial charge in [0.25, 0.3) is 5.91 Å². The van der Waals surface area contributed by atoms with Crippen molar-refractivity contribution >= 4 is 29.9 Å². The van der Waals surface area contributed by atoms with Gasteiger partial charge in [0, 0.05) is 29.2 Å². The summed E-state index contributed by atoms with van der Waals surface area (Å²) in [4.78, 5) is 14.5. The Morgan fingerprint density at radius 2 is 2.10 bits per heavy atom. The van der Waals surface area contributed by atoms with Crippen molar-refractivity contribution in [1.29, 1.82) is 0 Å². The lowest BCUT2D eigenvalue weighted by molar-refractivity contribution is 0.0583. The van der Waals surface area contributed by atoms with E-state index in [0.717, 1.165) is 31.4 Å². The van der Waals surface area contributed by atoms with Gasteiger partial charge in [-0.2, -0.15) is 0 Å². The minimum atomic E-state index is 0. The molecule has 1 aromatic rings. The zero-order chi connectivity index (χ0) is 14.0. The first-order chi connectivity index (χ1) is 8.99. The fourth-order valence-electron chi connectivity index (χ4n) is 2.78. The fourth-order valence-corrected chi connectivity index (χ4v) is 3.07. The standard InChI is InChI=1S/C15H21ClN2O.ClH/c1-10-7-12(9-13(16)8-10)15(19)18-6-4-3-5-14(18)11(2)17;/h7-9,11,14H,3-6,17H2,1-2H3;1H. The third kappa shape index (κ3) is 3.87. The highest BCUT2D eigenvalue weighted by molar-refractivity contribution is 6.31. The van der Waals surface area contributed by atoms with Crippen molar-refractivity contribution in [2.75, 3.05) is 6.54 Å². The second kappa shape index (κ2) is 7.30. The van der Waals surface area contributed by atoms with Gasteiger partial charge in [0.2, 0.25) is 0 Å². The monoisotopic (exact) mass is 316 g/mol. The predicted octanol–water partition coefficient (Wildman–Crippen LogP) is 3.41. The van der Waals surface area contributed by atoms with Crippen LogP contribution in [0.5, 0.6) is 0 Å². The molecule has 1 aliphatic rings. The van der Waals surface area contributed by atoms with Crippen molar-refractivity contribution in [1.82, 2.24) is 4.90 Å². The van der Waals surface area contributed by atoms with Crippen LogP contribution in [0.3, 0.4) is 0 Å². The van der Waals surface area contributed by atoms with Crippen molar-refractivity contribution in [3.63, 3.8) is 0 Å². The number of hydrogen-bond donors (Lipinski definition) is 1. The summed E-state index contributed by atoms with van der Waals surface area (Å²) in [5.74, 6) is 0.0487. The normalized spacial score (nSPS) is 20.2. The highest BCUT2D eigenvalue weighted by Crippen LogP contribution is 2.23. The molecular formula is C15H22Cl2N2O. The number of halogens is 2. The molecule has 1 saturated heterocycles. The number of hydrogen-bond acceptors (Lipinski definition) is 2. The van der Waals surface area contributed by atoms with E-state index in [0.29, 0.717) is 10.6 Å². The molecule has 1 amide bonds. The summed E-state index contributed by atoms with van der Waals surface area (Å²) >= 11 is 6.04. The summed E-state index contributed by atoms with van der Waals surface area (Å²) in [6.45, 7) is 4.71. The number of nitrogens with zero attached hydrogens (tertiary/aromatic N) is 1. The first-order valence-corrected chi connectivity index (χ1v) is 7.20. The molecule has 0 saturated carbocycles. The molecule has 2 unspecified atom stereocenters. The van der Waals surface area contributed by atoms with Crippen LogP contribution in [-0.4, -0.2) is 29.4 Å². The number of carbonyl (C=O) groups excluding carboxylic acids is 1. The summed E-state index contributed by atoms with van der Waals surface area (Å²) in [5.41, 5.74) is 7.68. The van der Waals surface area contributed by atoms with Crippen molar-refractivity contribution < 1.29 is 4.79 Å². The largest absolute Gasteiger partial charge is 0.334 e. The molecule has 0 bridgehead atoms. The molecule has 112 valence electrons. The zero-order valence-corrected chi connectivity index (χ0v) is 13.5.